The van der Waals surface area contributed by atoms with Gasteiger partial charge in [-0.25, -0.2) is 4.39 Å². The maximum absolute atomic E-state index is 13.2. The summed E-state index contributed by atoms with van der Waals surface area (Å²) in [5, 5.41) is 0. The van der Waals surface area contributed by atoms with Crippen molar-refractivity contribution < 1.29 is 9.18 Å². The summed E-state index contributed by atoms with van der Waals surface area (Å²) in [6.45, 7) is 1.82. The van der Waals surface area contributed by atoms with Gasteiger partial charge < -0.3 is 5.73 Å². The molecule has 0 atom stereocenters. The number of halogens is 1. The first-order valence-corrected chi connectivity index (χ1v) is 5.11. The number of anilines is 1. The molecule has 2 N–H and O–H groups in total. The fraction of sp³-hybridized carbons (Fsp3) is 0.0769. The average Bonchev–Trinajstić information content (AvgIpc) is 2.33. The molecule has 0 fully saturated rings. The van der Waals surface area contributed by atoms with Crippen molar-refractivity contribution in [2.75, 3.05) is 5.73 Å². The van der Waals surface area contributed by atoms with Crippen molar-refractivity contribution in [3.05, 3.63) is 59.2 Å². The standard InChI is InChI=1S/C13H11FN2O/c1-8-5-6-9(7-16-8)13(17)10-3-2-4-11(14)12(10)15/h2-7H,15H2,1H3. The van der Waals surface area contributed by atoms with Crippen molar-refractivity contribution in [3.8, 4) is 0 Å². The fourth-order valence-corrected chi connectivity index (χ4v) is 1.49. The molecular weight excluding hydrogens is 219 g/mol. The third kappa shape index (κ3) is 2.15. The molecule has 0 unspecified atom stereocenters. The number of nitrogens with two attached hydrogens (primary N) is 1. The second kappa shape index (κ2) is 4.33. The third-order valence-corrected chi connectivity index (χ3v) is 2.47. The number of aromatic nitrogens is 1. The van der Waals surface area contributed by atoms with Gasteiger partial charge in [0.2, 0.25) is 0 Å². The second-order valence-corrected chi connectivity index (χ2v) is 3.72. The van der Waals surface area contributed by atoms with Crippen molar-refractivity contribution in [2.45, 2.75) is 6.92 Å². The van der Waals surface area contributed by atoms with Crippen LogP contribution >= 0.6 is 0 Å². The summed E-state index contributed by atoms with van der Waals surface area (Å²) >= 11 is 0. The van der Waals surface area contributed by atoms with Crippen LogP contribution in [-0.2, 0) is 0 Å². The van der Waals surface area contributed by atoms with E-state index in [2.05, 4.69) is 4.98 Å². The van der Waals surface area contributed by atoms with E-state index in [1.54, 1.807) is 12.1 Å². The Morgan fingerprint density at radius 1 is 1.29 bits per heavy atom. The van der Waals surface area contributed by atoms with Crippen LogP contribution in [-0.4, -0.2) is 10.8 Å². The first-order chi connectivity index (χ1) is 8.09. The molecule has 1 heterocycles. The monoisotopic (exact) mass is 230 g/mol. The summed E-state index contributed by atoms with van der Waals surface area (Å²) < 4.78 is 13.2. The van der Waals surface area contributed by atoms with Crippen LogP contribution < -0.4 is 5.73 Å². The Bertz CT molecular complexity index is 564. The van der Waals surface area contributed by atoms with E-state index in [0.29, 0.717) is 5.56 Å². The molecule has 0 bridgehead atoms. The summed E-state index contributed by atoms with van der Waals surface area (Å²) in [6, 6.07) is 7.55. The zero-order chi connectivity index (χ0) is 12.4. The SMILES string of the molecule is Cc1ccc(C(=O)c2cccc(F)c2N)cn1. The van der Waals surface area contributed by atoms with Crippen LogP contribution in [0.25, 0.3) is 0 Å². The Balaban J connectivity index is 2.44. The van der Waals surface area contributed by atoms with E-state index in [0.717, 1.165) is 5.69 Å². The first kappa shape index (κ1) is 11.3. The molecule has 0 aliphatic heterocycles. The van der Waals surface area contributed by atoms with Gasteiger partial charge in [-0.2, -0.15) is 0 Å². The Labute approximate surface area is 98.1 Å². The molecule has 2 rings (SSSR count). The summed E-state index contributed by atoms with van der Waals surface area (Å²) in [6.07, 6.45) is 1.46. The largest absolute Gasteiger partial charge is 0.396 e. The number of benzene rings is 1. The number of pyridine rings is 1. The van der Waals surface area contributed by atoms with E-state index in [-0.39, 0.29) is 17.0 Å². The lowest BCUT2D eigenvalue weighted by atomic mass is 10.0. The highest BCUT2D eigenvalue weighted by atomic mass is 19.1. The molecule has 2 aromatic rings. The number of rotatable bonds is 2. The highest BCUT2D eigenvalue weighted by Crippen LogP contribution is 2.19. The van der Waals surface area contributed by atoms with E-state index < -0.39 is 5.82 Å². The minimum Gasteiger partial charge on any atom is -0.396 e. The third-order valence-electron chi connectivity index (χ3n) is 2.47. The highest BCUT2D eigenvalue weighted by molar-refractivity contribution is 6.11. The summed E-state index contributed by atoms with van der Waals surface area (Å²) in [5.41, 5.74) is 6.78. The molecule has 3 nitrogen and oxygen atoms in total. The molecule has 17 heavy (non-hydrogen) atoms. The minimum atomic E-state index is -0.587. The molecule has 0 aliphatic carbocycles. The first-order valence-electron chi connectivity index (χ1n) is 5.11. The average molecular weight is 230 g/mol. The van der Waals surface area contributed by atoms with Crippen molar-refractivity contribution in [3.63, 3.8) is 0 Å². The molecular formula is C13H11FN2O. The van der Waals surface area contributed by atoms with Gasteiger partial charge in [-0.1, -0.05) is 6.07 Å². The van der Waals surface area contributed by atoms with Crippen molar-refractivity contribution in [1.29, 1.82) is 0 Å². The predicted molar refractivity (Wildman–Crippen MR) is 63.2 cm³/mol. The predicted octanol–water partition coefficient (Wildman–Crippen LogP) is 2.34. The Kier molecular flexibility index (Phi) is 2.87. The van der Waals surface area contributed by atoms with Crippen LogP contribution in [0.15, 0.2) is 36.5 Å². The van der Waals surface area contributed by atoms with Crippen LogP contribution in [0.1, 0.15) is 21.6 Å². The van der Waals surface area contributed by atoms with Gasteiger partial charge in [0.15, 0.2) is 5.78 Å². The second-order valence-electron chi connectivity index (χ2n) is 3.72. The molecule has 0 aliphatic rings. The van der Waals surface area contributed by atoms with Crippen LogP contribution in [0.4, 0.5) is 10.1 Å². The minimum absolute atomic E-state index is 0.127. The molecule has 86 valence electrons. The van der Waals surface area contributed by atoms with Crippen molar-refractivity contribution >= 4 is 11.5 Å². The van der Waals surface area contributed by atoms with E-state index in [1.165, 1.54) is 24.4 Å². The normalized spacial score (nSPS) is 10.2. The smallest absolute Gasteiger partial charge is 0.196 e. The number of hydrogen-bond donors (Lipinski definition) is 1. The zero-order valence-corrected chi connectivity index (χ0v) is 9.27. The van der Waals surface area contributed by atoms with Crippen molar-refractivity contribution in [1.82, 2.24) is 4.98 Å². The zero-order valence-electron chi connectivity index (χ0n) is 9.27. The van der Waals surface area contributed by atoms with Gasteiger partial charge >= 0.3 is 0 Å². The molecule has 0 spiro atoms. The van der Waals surface area contributed by atoms with Crippen LogP contribution in [0.2, 0.25) is 0 Å². The maximum atomic E-state index is 13.2. The lowest BCUT2D eigenvalue weighted by Gasteiger charge is -2.05. The van der Waals surface area contributed by atoms with E-state index in [4.69, 9.17) is 5.73 Å². The number of carbonyl (C=O) groups excluding carboxylic acids is 1. The summed E-state index contributed by atoms with van der Waals surface area (Å²) in [4.78, 5) is 16.1. The van der Waals surface area contributed by atoms with Gasteiger partial charge in [-0.15, -0.1) is 0 Å². The number of nitrogens with zero attached hydrogens (tertiary/aromatic N) is 1. The van der Waals surface area contributed by atoms with Gasteiger partial charge in [0, 0.05) is 23.0 Å². The van der Waals surface area contributed by atoms with E-state index in [9.17, 15) is 9.18 Å². The van der Waals surface area contributed by atoms with E-state index >= 15 is 0 Å². The number of hydrogen-bond acceptors (Lipinski definition) is 3. The van der Waals surface area contributed by atoms with Gasteiger partial charge in [0.25, 0.3) is 0 Å². The van der Waals surface area contributed by atoms with Gasteiger partial charge in [-0.3, -0.25) is 9.78 Å². The summed E-state index contributed by atoms with van der Waals surface area (Å²) in [7, 11) is 0. The highest BCUT2D eigenvalue weighted by Gasteiger charge is 2.14. The van der Waals surface area contributed by atoms with Crippen LogP contribution in [0, 0.1) is 12.7 Å². The Morgan fingerprint density at radius 2 is 2.06 bits per heavy atom. The molecule has 0 radical (unpaired) electrons. The van der Waals surface area contributed by atoms with Crippen LogP contribution in [0.5, 0.6) is 0 Å². The molecule has 1 aromatic heterocycles. The maximum Gasteiger partial charge on any atom is 0.196 e. The molecule has 1 aromatic carbocycles. The number of ketones is 1. The topological polar surface area (TPSA) is 56.0 Å². The molecule has 0 saturated heterocycles. The Hall–Kier alpha value is -2.23. The quantitative estimate of drug-likeness (QED) is 0.636. The number of nitrogen functional groups attached to an aromatic ring is 1. The lowest BCUT2D eigenvalue weighted by molar-refractivity contribution is 0.103. The van der Waals surface area contributed by atoms with Gasteiger partial charge in [0.05, 0.1) is 5.69 Å². The molecule has 0 amide bonds. The lowest BCUT2D eigenvalue weighted by Crippen LogP contribution is -2.07. The van der Waals surface area contributed by atoms with Gasteiger partial charge in [0.1, 0.15) is 5.82 Å². The van der Waals surface area contributed by atoms with Gasteiger partial charge in [-0.05, 0) is 31.2 Å². The Morgan fingerprint density at radius 3 is 2.71 bits per heavy atom. The number of aryl methyl sites for hydroxylation is 1. The number of para-hydroxylation sites is 1. The van der Waals surface area contributed by atoms with Crippen molar-refractivity contribution in [2.24, 2.45) is 0 Å². The molecule has 0 saturated carbocycles. The van der Waals surface area contributed by atoms with Crippen LogP contribution in [0.3, 0.4) is 0 Å². The fourth-order valence-electron chi connectivity index (χ4n) is 1.49. The molecule has 4 heteroatoms. The number of carbonyl (C=O) groups is 1. The summed E-state index contributed by atoms with van der Waals surface area (Å²) in [5.74, 6) is -0.912. The van der Waals surface area contributed by atoms with E-state index in [1.807, 2.05) is 6.92 Å².